The van der Waals surface area contributed by atoms with E-state index in [1.807, 2.05) is 6.07 Å². The predicted octanol–water partition coefficient (Wildman–Crippen LogP) is 0.572. The van der Waals surface area contributed by atoms with E-state index in [0.717, 1.165) is 5.56 Å². The summed E-state index contributed by atoms with van der Waals surface area (Å²) in [6.45, 7) is 0.359. The Morgan fingerprint density at radius 1 is 1.58 bits per heavy atom. The van der Waals surface area contributed by atoms with Gasteiger partial charge in [-0.3, -0.25) is 9.59 Å². The van der Waals surface area contributed by atoms with Crippen LogP contribution in [0.1, 0.15) is 12.0 Å². The van der Waals surface area contributed by atoms with E-state index < -0.39 is 0 Å². The molecule has 1 heterocycles. The Morgan fingerprint density at radius 3 is 3.11 bits per heavy atom. The fourth-order valence-electron chi connectivity index (χ4n) is 1.76. The summed E-state index contributed by atoms with van der Waals surface area (Å²) in [7, 11) is 1.68. The second-order valence-electron chi connectivity index (χ2n) is 4.16. The van der Waals surface area contributed by atoms with Crippen molar-refractivity contribution < 1.29 is 14.3 Å². The normalized spacial score (nSPS) is 13.3. The standard InChI is InChI=1S/C13H13N3O3/c1-16-10-6-9(7-15-12(17)4-5-14)2-3-11(10)19-8-13(16)18/h2-3,6H,4,7-8H2,1H3,(H,15,17). The van der Waals surface area contributed by atoms with Crippen LogP contribution >= 0.6 is 0 Å². The van der Waals surface area contributed by atoms with Crippen LogP contribution < -0.4 is 15.0 Å². The van der Waals surface area contributed by atoms with Crippen LogP contribution in [0.2, 0.25) is 0 Å². The number of nitrogens with one attached hydrogen (secondary N) is 1. The quantitative estimate of drug-likeness (QED) is 0.860. The van der Waals surface area contributed by atoms with E-state index in [-0.39, 0.29) is 24.8 Å². The van der Waals surface area contributed by atoms with E-state index in [1.165, 1.54) is 4.90 Å². The number of hydrogen-bond donors (Lipinski definition) is 1. The Balaban J connectivity index is 2.10. The molecular formula is C13H13N3O3. The lowest BCUT2D eigenvalue weighted by molar-refractivity contribution is -0.121. The number of ether oxygens (including phenoxy) is 1. The van der Waals surface area contributed by atoms with Crippen LogP contribution in [0.15, 0.2) is 18.2 Å². The van der Waals surface area contributed by atoms with Crippen LogP contribution in [0.4, 0.5) is 5.69 Å². The third-order valence-corrected chi connectivity index (χ3v) is 2.84. The summed E-state index contributed by atoms with van der Waals surface area (Å²) in [5.41, 5.74) is 1.53. The van der Waals surface area contributed by atoms with Crippen LogP contribution in [-0.4, -0.2) is 25.5 Å². The van der Waals surface area contributed by atoms with Crippen LogP contribution in [0.3, 0.4) is 0 Å². The molecular weight excluding hydrogens is 246 g/mol. The largest absolute Gasteiger partial charge is 0.482 e. The number of hydrogen-bond acceptors (Lipinski definition) is 4. The fraction of sp³-hybridized carbons (Fsp3) is 0.308. The first kappa shape index (κ1) is 12.9. The van der Waals surface area contributed by atoms with Crippen molar-refractivity contribution in [2.45, 2.75) is 13.0 Å². The highest BCUT2D eigenvalue weighted by Crippen LogP contribution is 2.31. The lowest BCUT2D eigenvalue weighted by Gasteiger charge is -2.26. The molecule has 0 spiro atoms. The Labute approximate surface area is 110 Å². The number of benzene rings is 1. The Bertz CT molecular complexity index is 563. The minimum absolute atomic E-state index is 0.0434. The zero-order chi connectivity index (χ0) is 13.8. The lowest BCUT2D eigenvalue weighted by Crippen LogP contribution is -2.35. The van der Waals surface area contributed by atoms with Gasteiger partial charge in [0.15, 0.2) is 6.61 Å². The van der Waals surface area contributed by atoms with Crippen molar-refractivity contribution >= 4 is 17.5 Å². The molecule has 98 valence electrons. The third kappa shape index (κ3) is 2.83. The molecule has 0 unspecified atom stereocenters. The minimum atomic E-state index is -0.319. The molecule has 6 nitrogen and oxygen atoms in total. The van der Waals surface area contributed by atoms with Gasteiger partial charge in [0.2, 0.25) is 5.91 Å². The summed E-state index contributed by atoms with van der Waals surface area (Å²) in [5, 5.41) is 11.0. The van der Waals surface area contributed by atoms with Gasteiger partial charge in [-0.2, -0.15) is 5.26 Å². The van der Waals surface area contributed by atoms with Crippen molar-refractivity contribution in [2.24, 2.45) is 0 Å². The first-order valence-corrected chi connectivity index (χ1v) is 5.77. The summed E-state index contributed by atoms with van der Waals surface area (Å²) in [6, 6.07) is 7.15. The molecule has 1 aromatic carbocycles. The van der Waals surface area contributed by atoms with Crippen molar-refractivity contribution in [3.05, 3.63) is 23.8 Å². The average molecular weight is 259 g/mol. The number of nitriles is 1. The van der Waals surface area contributed by atoms with Gasteiger partial charge in [0.1, 0.15) is 12.2 Å². The van der Waals surface area contributed by atoms with Crippen molar-refractivity contribution in [1.29, 1.82) is 5.26 Å². The van der Waals surface area contributed by atoms with Crippen molar-refractivity contribution in [3.63, 3.8) is 0 Å². The predicted molar refractivity (Wildman–Crippen MR) is 67.4 cm³/mol. The van der Waals surface area contributed by atoms with Gasteiger partial charge in [0, 0.05) is 13.6 Å². The monoisotopic (exact) mass is 259 g/mol. The maximum Gasteiger partial charge on any atom is 0.264 e. The van der Waals surface area contributed by atoms with Crippen molar-refractivity contribution in [1.82, 2.24) is 5.32 Å². The van der Waals surface area contributed by atoms with Gasteiger partial charge in [-0.25, -0.2) is 0 Å². The number of fused-ring (bicyclic) bond motifs is 1. The van der Waals surface area contributed by atoms with E-state index in [9.17, 15) is 9.59 Å². The number of rotatable bonds is 3. The maximum atomic E-state index is 11.5. The third-order valence-electron chi connectivity index (χ3n) is 2.84. The lowest BCUT2D eigenvalue weighted by atomic mass is 10.1. The number of anilines is 1. The molecule has 6 heteroatoms. The van der Waals surface area contributed by atoms with Gasteiger partial charge >= 0.3 is 0 Å². The smallest absolute Gasteiger partial charge is 0.264 e. The van der Waals surface area contributed by atoms with Gasteiger partial charge in [0.25, 0.3) is 5.91 Å². The van der Waals surface area contributed by atoms with Gasteiger partial charge in [-0.05, 0) is 17.7 Å². The first-order chi connectivity index (χ1) is 9.11. The molecule has 1 aromatic rings. The Hall–Kier alpha value is -2.55. The Morgan fingerprint density at radius 2 is 2.37 bits per heavy atom. The molecule has 0 aliphatic carbocycles. The summed E-state index contributed by atoms with van der Waals surface area (Å²) in [5.74, 6) is 0.216. The van der Waals surface area contributed by atoms with Gasteiger partial charge in [-0.15, -0.1) is 0 Å². The van der Waals surface area contributed by atoms with E-state index in [1.54, 1.807) is 25.2 Å². The second-order valence-corrected chi connectivity index (χ2v) is 4.16. The molecule has 1 aliphatic heterocycles. The fourth-order valence-corrected chi connectivity index (χ4v) is 1.76. The molecule has 2 amide bonds. The molecule has 1 aliphatic rings. The molecule has 0 aromatic heterocycles. The molecule has 19 heavy (non-hydrogen) atoms. The summed E-state index contributed by atoms with van der Waals surface area (Å²) in [6.07, 6.45) is -0.160. The number of nitrogens with zero attached hydrogens (tertiary/aromatic N) is 2. The van der Waals surface area contributed by atoms with Gasteiger partial charge in [-0.1, -0.05) is 6.07 Å². The summed E-state index contributed by atoms with van der Waals surface area (Å²) < 4.78 is 5.30. The molecule has 0 fully saturated rings. The number of carbonyl (C=O) groups is 2. The first-order valence-electron chi connectivity index (χ1n) is 5.77. The molecule has 0 saturated carbocycles. The molecule has 0 atom stereocenters. The highest BCUT2D eigenvalue weighted by atomic mass is 16.5. The van der Waals surface area contributed by atoms with E-state index >= 15 is 0 Å². The summed E-state index contributed by atoms with van der Waals surface area (Å²) >= 11 is 0. The SMILES string of the molecule is CN1C(=O)COc2ccc(CNC(=O)CC#N)cc21. The van der Waals surface area contributed by atoms with Crippen LogP contribution in [0.5, 0.6) is 5.75 Å². The van der Waals surface area contributed by atoms with Crippen molar-refractivity contribution in [3.8, 4) is 11.8 Å². The molecule has 2 rings (SSSR count). The zero-order valence-electron chi connectivity index (χ0n) is 10.5. The van der Waals surface area contributed by atoms with Crippen LogP contribution in [0, 0.1) is 11.3 Å². The number of amides is 2. The molecule has 0 bridgehead atoms. The highest BCUT2D eigenvalue weighted by Gasteiger charge is 2.22. The highest BCUT2D eigenvalue weighted by molar-refractivity contribution is 5.97. The molecule has 0 radical (unpaired) electrons. The van der Waals surface area contributed by atoms with E-state index in [0.29, 0.717) is 18.0 Å². The average Bonchev–Trinajstić information content (AvgIpc) is 2.41. The number of carbonyl (C=O) groups excluding carboxylic acids is 2. The second kappa shape index (κ2) is 5.40. The van der Waals surface area contributed by atoms with Crippen LogP contribution in [0.25, 0.3) is 0 Å². The van der Waals surface area contributed by atoms with Crippen LogP contribution in [-0.2, 0) is 16.1 Å². The topological polar surface area (TPSA) is 82.4 Å². The van der Waals surface area contributed by atoms with Crippen molar-refractivity contribution in [2.75, 3.05) is 18.6 Å². The van der Waals surface area contributed by atoms with Gasteiger partial charge < -0.3 is 15.0 Å². The maximum absolute atomic E-state index is 11.5. The minimum Gasteiger partial charge on any atom is -0.482 e. The van der Waals surface area contributed by atoms with E-state index in [2.05, 4.69) is 5.32 Å². The molecule has 0 saturated heterocycles. The molecule has 1 N–H and O–H groups in total. The number of likely N-dealkylation sites (N-methyl/N-ethyl adjacent to an activating group) is 1. The Kier molecular flexibility index (Phi) is 3.66. The summed E-state index contributed by atoms with van der Waals surface area (Å²) in [4.78, 5) is 24.2. The van der Waals surface area contributed by atoms with Gasteiger partial charge in [0.05, 0.1) is 11.8 Å². The zero-order valence-corrected chi connectivity index (χ0v) is 10.5. The van der Waals surface area contributed by atoms with E-state index in [4.69, 9.17) is 10.00 Å².